The second-order valence-electron chi connectivity index (χ2n) is 3.04. The molecule has 0 aliphatic carbocycles. The number of hydrogen-bond donors (Lipinski definition) is 1. The normalized spacial score (nSPS) is 9.88. The van der Waals surface area contributed by atoms with Crippen molar-refractivity contribution in [2.45, 2.75) is 0 Å². The van der Waals surface area contributed by atoms with Crippen molar-refractivity contribution in [3.8, 4) is 28.7 Å². The van der Waals surface area contributed by atoms with Crippen molar-refractivity contribution in [2.75, 3.05) is 35.2 Å². The van der Waals surface area contributed by atoms with Gasteiger partial charge in [-0.05, 0) is 0 Å². The fourth-order valence-corrected chi connectivity index (χ4v) is 1.37. The van der Waals surface area contributed by atoms with Crippen LogP contribution in [0, 0.1) is 0 Å². The molecule has 0 saturated heterocycles. The van der Waals surface area contributed by atoms with Crippen molar-refractivity contribution in [2.24, 2.45) is 0 Å². The quantitative estimate of drug-likeness (QED) is 0.763. The number of benzene rings is 1. The summed E-state index contributed by atoms with van der Waals surface area (Å²) in [7, 11) is 5.85. The Balaban J connectivity index is 3.27. The average molecular weight is 244 g/mol. The molecule has 96 valence electrons. The fourth-order valence-electron chi connectivity index (χ4n) is 1.37. The Morgan fingerprint density at radius 1 is 0.941 bits per heavy atom. The molecule has 0 fully saturated rings. The molecule has 0 unspecified atom stereocenters. The predicted molar refractivity (Wildman–Crippen MR) is 60.3 cm³/mol. The molecule has 0 saturated carbocycles. The molecule has 17 heavy (non-hydrogen) atoms. The fraction of sp³-hybridized carbons (Fsp3) is 0.455. The van der Waals surface area contributed by atoms with Gasteiger partial charge in [0.05, 0.1) is 21.3 Å². The van der Waals surface area contributed by atoms with Gasteiger partial charge in [-0.15, -0.1) is 0 Å². The average Bonchev–Trinajstić information content (AvgIpc) is 2.35. The summed E-state index contributed by atoms with van der Waals surface area (Å²) in [5.41, 5.74) is 0. The zero-order chi connectivity index (χ0) is 12.8. The third-order valence-electron chi connectivity index (χ3n) is 2.09. The van der Waals surface area contributed by atoms with Gasteiger partial charge in [-0.1, -0.05) is 0 Å². The number of methoxy groups -OCH3 is 4. The van der Waals surface area contributed by atoms with Crippen LogP contribution in [0.25, 0.3) is 0 Å². The van der Waals surface area contributed by atoms with Gasteiger partial charge in [0.1, 0.15) is 0 Å². The first kappa shape index (κ1) is 13.2. The summed E-state index contributed by atoms with van der Waals surface area (Å²) in [4.78, 5) is 0. The van der Waals surface area contributed by atoms with Crippen LogP contribution in [0.4, 0.5) is 0 Å². The SMILES string of the molecule is COCOc1c(O)cc(OC)c(OC)c1OC. The molecule has 0 radical (unpaired) electrons. The van der Waals surface area contributed by atoms with Gasteiger partial charge >= 0.3 is 0 Å². The third-order valence-corrected chi connectivity index (χ3v) is 2.09. The minimum Gasteiger partial charge on any atom is -0.504 e. The molecule has 0 heterocycles. The molecule has 1 N–H and O–H groups in total. The van der Waals surface area contributed by atoms with Crippen molar-refractivity contribution in [1.82, 2.24) is 0 Å². The molecule has 0 aliphatic heterocycles. The van der Waals surface area contributed by atoms with Crippen LogP contribution in [0.1, 0.15) is 0 Å². The number of phenolic OH excluding ortho intramolecular Hbond substituents is 1. The smallest absolute Gasteiger partial charge is 0.211 e. The van der Waals surface area contributed by atoms with Crippen LogP contribution in [0.3, 0.4) is 0 Å². The maximum atomic E-state index is 9.78. The summed E-state index contributed by atoms with van der Waals surface area (Å²) in [5, 5.41) is 9.78. The van der Waals surface area contributed by atoms with Crippen molar-refractivity contribution in [1.29, 1.82) is 0 Å². The molecular formula is C11H16O6. The number of hydrogen-bond acceptors (Lipinski definition) is 6. The van der Waals surface area contributed by atoms with Gasteiger partial charge in [0, 0.05) is 13.2 Å². The van der Waals surface area contributed by atoms with Crippen LogP contribution in [-0.4, -0.2) is 40.3 Å². The van der Waals surface area contributed by atoms with Gasteiger partial charge in [0.25, 0.3) is 0 Å². The van der Waals surface area contributed by atoms with Gasteiger partial charge in [0.2, 0.25) is 17.2 Å². The van der Waals surface area contributed by atoms with Gasteiger partial charge < -0.3 is 28.8 Å². The molecule has 0 bridgehead atoms. The Morgan fingerprint density at radius 3 is 2.06 bits per heavy atom. The summed E-state index contributed by atoms with van der Waals surface area (Å²) in [5.74, 6) is 0.982. The highest BCUT2D eigenvalue weighted by Crippen LogP contribution is 2.49. The van der Waals surface area contributed by atoms with E-state index in [0.29, 0.717) is 11.5 Å². The topological polar surface area (TPSA) is 66.4 Å². The van der Waals surface area contributed by atoms with E-state index in [-0.39, 0.29) is 24.0 Å². The van der Waals surface area contributed by atoms with Crippen LogP contribution in [-0.2, 0) is 4.74 Å². The van der Waals surface area contributed by atoms with E-state index < -0.39 is 0 Å². The van der Waals surface area contributed by atoms with E-state index in [9.17, 15) is 5.11 Å². The van der Waals surface area contributed by atoms with Crippen molar-refractivity contribution in [3.05, 3.63) is 6.07 Å². The van der Waals surface area contributed by atoms with Crippen LogP contribution in [0.2, 0.25) is 0 Å². The Labute approximate surface area is 99.6 Å². The zero-order valence-electron chi connectivity index (χ0n) is 10.3. The Morgan fingerprint density at radius 2 is 1.59 bits per heavy atom. The lowest BCUT2D eigenvalue weighted by atomic mass is 10.2. The molecule has 1 rings (SSSR count). The highest BCUT2D eigenvalue weighted by Gasteiger charge is 2.21. The minimum absolute atomic E-state index is 0.0145. The first-order valence-corrected chi connectivity index (χ1v) is 4.83. The van der Waals surface area contributed by atoms with Gasteiger partial charge in [-0.2, -0.15) is 0 Å². The van der Waals surface area contributed by atoms with E-state index in [1.54, 1.807) is 0 Å². The largest absolute Gasteiger partial charge is 0.504 e. The van der Waals surface area contributed by atoms with E-state index in [1.165, 1.54) is 34.5 Å². The Bertz CT molecular complexity index is 377. The molecule has 0 aromatic heterocycles. The van der Waals surface area contributed by atoms with Crippen molar-refractivity contribution < 1.29 is 28.8 Å². The van der Waals surface area contributed by atoms with E-state index >= 15 is 0 Å². The number of ether oxygens (including phenoxy) is 5. The van der Waals surface area contributed by atoms with Crippen LogP contribution >= 0.6 is 0 Å². The second kappa shape index (κ2) is 6.05. The molecule has 0 aliphatic rings. The first-order chi connectivity index (χ1) is 8.19. The van der Waals surface area contributed by atoms with Crippen LogP contribution in [0.15, 0.2) is 6.07 Å². The number of phenols is 1. The lowest BCUT2D eigenvalue weighted by Crippen LogP contribution is -2.03. The molecule has 6 nitrogen and oxygen atoms in total. The Kier molecular flexibility index (Phi) is 4.71. The monoisotopic (exact) mass is 244 g/mol. The number of rotatable bonds is 6. The van der Waals surface area contributed by atoms with Crippen LogP contribution in [0.5, 0.6) is 28.7 Å². The van der Waals surface area contributed by atoms with Gasteiger partial charge in [0.15, 0.2) is 18.3 Å². The molecule has 1 aromatic carbocycles. The summed E-state index contributed by atoms with van der Waals surface area (Å²) >= 11 is 0. The standard InChI is InChI=1S/C11H16O6/c1-13-6-17-9-7(12)5-8(14-2)10(15-3)11(9)16-4/h5,12H,6H2,1-4H3. The van der Waals surface area contributed by atoms with Crippen LogP contribution < -0.4 is 18.9 Å². The van der Waals surface area contributed by atoms with E-state index in [1.807, 2.05) is 0 Å². The molecule has 0 atom stereocenters. The lowest BCUT2D eigenvalue weighted by molar-refractivity contribution is 0.0467. The summed E-state index contributed by atoms with van der Waals surface area (Å²) in [6, 6.07) is 1.38. The third kappa shape index (κ3) is 2.65. The second-order valence-corrected chi connectivity index (χ2v) is 3.04. The van der Waals surface area contributed by atoms with Gasteiger partial charge in [-0.3, -0.25) is 0 Å². The zero-order valence-corrected chi connectivity index (χ0v) is 10.3. The molecule has 6 heteroatoms. The summed E-state index contributed by atoms with van der Waals surface area (Å²) in [6.07, 6.45) is 0. The lowest BCUT2D eigenvalue weighted by Gasteiger charge is -2.17. The highest BCUT2D eigenvalue weighted by molar-refractivity contribution is 5.65. The van der Waals surface area contributed by atoms with Crippen molar-refractivity contribution in [3.63, 3.8) is 0 Å². The first-order valence-electron chi connectivity index (χ1n) is 4.83. The summed E-state index contributed by atoms with van der Waals surface area (Å²) in [6.45, 7) is -0.0145. The molecule has 0 amide bonds. The van der Waals surface area contributed by atoms with E-state index in [2.05, 4.69) is 0 Å². The molecule has 0 spiro atoms. The van der Waals surface area contributed by atoms with Crippen molar-refractivity contribution >= 4 is 0 Å². The van der Waals surface area contributed by atoms with Gasteiger partial charge in [-0.25, -0.2) is 0 Å². The minimum atomic E-state index is -0.114. The molecular weight excluding hydrogens is 228 g/mol. The Hall–Kier alpha value is -1.82. The molecule has 1 aromatic rings. The maximum Gasteiger partial charge on any atom is 0.211 e. The van der Waals surface area contributed by atoms with E-state index in [0.717, 1.165) is 0 Å². The predicted octanol–water partition coefficient (Wildman–Crippen LogP) is 1.40. The summed E-state index contributed by atoms with van der Waals surface area (Å²) < 4.78 is 25.3. The maximum absolute atomic E-state index is 9.78. The number of aromatic hydroxyl groups is 1. The highest BCUT2D eigenvalue weighted by atomic mass is 16.7. The van der Waals surface area contributed by atoms with E-state index in [4.69, 9.17) is 23.7 Å².